The smallest absolute Gasteiger partial charge is 0.417 e. The van der Waals surface area contributed by atoms with E-state index in [1.165, 1.54) is 6.07 Å². The zero-order chi connectivity index (χ0) is 13.5. The molecule has 4 nitrogen and oxygen atoms in total. The Morgan fingerprint density at radius 1 is 1.33 bits per heavy atom. The highest BCUT2D eigenvalue weighted by Gasteiger charge is 2.33. The fourth-order valence-electron chi connectivity index (χ4n) is 1.48. The van der Waals surface area contributed by atoms with E-state index in [1.807, 2.05) is 0 Å². The number of aromatic hydroxyl groups is 1. The predicted molar refractivity (Wildman–Crippen MR) is 60.8 cm³/mol. The number of hydrogen-bond acceptors (Lipinski definition) is 2. The summed E-state index contributed by atoms with van der Waals surface area (Å²) in [5, 5.41) is 9.39. The van der Waals surface area contributed by atoms with Gasteiger partial charge in [-0.05, 0) is 18.2 Å². The van der Waals surface area contributed by atoms with Gasteiger partial charge < -0.3 is 10.1 Å². The molecule has 0 amide bonds. The maximum Gasteiger partial charge on any atom is 0.417 e. The molecule has 2 rings (SSSR count). The maximum absolute atomic E-state index is 12.7. The van der Waals surface area contributed by atoms with Crippen LogP contribution >= 0.6 is 15.9 Å². The SMILES string of the molecule is O=c1[nH]cc(O)n1-c1ccc(Br)c(C(F)(F)F)c1. The third-order valence-electron chi connectivity index (χ3n) is 2.27. The summed E-state index contributed by atoms with van der Waals surface area (Å²) >= 11 is 2.79. The molecule has 0 fully saturated rings. The topological polar surface area (TPSA) is 58.0 Å². The van der Waals surface area contributed by atoms with Crippen LogP contribution < -0.4 is 5.69 Å². The average Bonchev–Trinajstić information content (AvgIpc) is 2.58. The van der Waals surface area contributed by atoms with Crippen LogP contribution in [0.15, 0.2) is 33.7 Å². The molecule has 2 N–H and O–H groups in total. The minimum Gasteiger partial charge on any atom is -0.493 e. The quantitative estimate of drug-likeness (QED) is 0.848. The number of hydrogen-bond donors (Lipinski definition) is 2. The summed E-state index contributed by atoms with van der Waals surface area (Å²) in [5.74, 6) is -0.463. The van der Waals surface area contributed by atoms with Crippen molar-refractivity contribution >= 4 is 15.9 Å². The molecule has 1 aromatic carbocycles. The first-order valence-electron chi connectivity index (χ1n) is 4.67. The van der Waals surface area contributed by atoms with Gasteiger partial charge in [0, 0.05) is 4.47 Å². The Kier molecular flexibility index (Phi) is 2.97. The Morgan fingerprint density at radius 2 is 2.00 bits per heavy atom. The lowest BCUT2D eigenvalue weighted by Gasteiger charge is -2.11. The molecular formula is C10H6BrF3N2O2. The second kappa shape index (κ2) is 4.20. The number of aromatic amines is 1. The van der Waals surface area contributed by atoms with Crippen molar-refractivity contribution in [1.29, 1.82) is 0 Å². The van der Waals surface area contributed by atoms with Crippen molar-refractivity contribution in [2.75, 3.05) is 0 Å². The number of alkyl halides is 3. The average molecular weight is 323 g/mol. The fraction of sp³-hybridized carbons (Fsp3) is 0.100. The molecule has 0 bridgehead atoms. The number of nitrogens with one attached hydrogen (secondary N) is 1. The van der Waals surface area contributed by atoms with E-state index in [4.69, 9.17) is 0 Å². The molecule has 8 heteroatoms. The zero-order valence-corrected chi connectivity index (χ0v) is 10.2. The van der Waals surface area contributed by atoms with Gasteiger partial charge in [0.2, 0.25) is 5.88 Å². The van der Waals surface area contributed by atoms with Gasteiger partial charge >= 0.3 is 11.9 Å². The van der Waals surface area contributed by atoms with Crippen molar-refractivity contribution in [1.82, 2.24) is 9.55 Å². The highest BCUT2D eigenvalue weighted by atomic mass is 79.9. The molecule has 96 valence electrons. The van der Waals surface area contributed by atoms with Gasteiger partial charge in [-0.2, -0.15) is 13.2 Å². The first kappa shape index (κ1) is 12.7. The van der Waals surface area contributed by atoms with Gasteiger partial charge in [0.1, 0.15) is 0 Å². The van der Waals surface area contributed by atoms with Gasteiger partial charge in [-0.15, -0.1) is 0 Å². The van der Waals surface area contributed by atoms with Crippen molar-refractivity contribution in [2.24, 2.45) is 0 Å². The molecule has 0 saturated heterocycles. The Bertz CT molecular complexity index is 645. The highest BCUT2D eigenvalue weighted by molar-refractivity contribution is 9.10. The van der Waals surface area contributed by atoms with Crippen molar-refractivity contribution < 1.29 is 18.3 Å². The summed E-state index contributed by atoms with van der Waals surface area (Å²) in [4.78, 5) is 13.5. The Labute approximate surface area is 107 Å². The van der Waals surface area contributed by atoms with E-state index < -0.39 is 23.3 Å². The minimum atomic E-state index is -4.55. The van der Waals surface area contributed by atoms with E-state index in [-0.39, 0.29) is 10.2 Å². The van der Waals surface area contributed by atoms with Crippen LogP contribution in [0.5, 0.6) is 5.88 Å². The molecule has 0 aliphatic rings. The van der Waals surface area contributed by atoms with Crippen molar-refractivity contribution in [3.05, 3.63) is 44.9 Å². The largest absolute Gasteiger partial charge is 0.493 e. The standard InChI is InChI=1S/C10H6BrF3N2O2/c11-7-2-1-5(3-6(7)10(12,13)14)16-8(17)4-15-9(16)18/h1-4,17H,(H,15,18). The number of benzene rings is 1. The van der Waals surface area contributed by atoms with Crippen LogP contribution in [0.25, 0.3) is 5.69 Å². The molecule has 1 aromatic heterocycles. The molecule has 0 atom stereocenters. The monoisotopic (exact) mass is 322 g/mol. The zero-order valence-electron chi connectivity index (χ0n) is 8.62. The van der Waals surface area contributed by atoms with E-state index in [9.17, 15) is 23.1 Å². The molecule has 0 spiro atoms. The Hall–Kier alpha value is -1.70. The lowest BCUT2D eigenvalue weighted by atomic mass is 10.2. The van der Waals surface area contributed by atoms with Gasteiger partial charge in [-0.1, -0.05) is 15.9 Å². The predicted octanol–water partition coefficient (Wildman–Crippen LogP) is 2.65. The van der Waals surface area contributed by atoms with E-state index in [2.05, 4.69) is 20.9 Å². The lowest BCUT2D eigenvalue weighted by Crippen LogP contribution is -2.15. The lowest BCUT2D eigenvalue weighted by molar-refractivity contribution is -0.138. The van der Waals surface area contributed by atoms with Crippen molar-refractivity contribution in [2.45, 2.75) is 6.18 Å². The summed E-state index contributed by atoms with van der Waals surface area (Å²) < 4.78 is 38.7. The van der Waals surface area contributed by atoms with Gasteiger partial charge in [0.05, 0.1) is 17.4 Å². The van der Waals surface area contributed by atoms with Gasteiger partial charge in [0.25, 0.3) is 0 Å². The summed E-state index contributed by atoms with van der Waals surface area (Å²) in [6.45, 7) is 0. The van der Waals surface area contributed by atoms with E-state index in [1.54, 1.807) is 0 Å². The Balaban J connectivity index is 2.65. The highest BCUT2D eigenvalue weighted by Crippen LogP contribution is 2.36. The van der Waals surface area contributed by atoms with Crippen molar-refractivity contribution in [3.63, 3.8) is 0 Å². The van der Waals surface area contributed by atoms with Gasteiger partial charge in [-0.3, -0.25) is 0 Å². The fourth-order valence-corrected chi connectivity index (χ4v) is 1.95. The first-order valence-corrected chi connectivity index (χ1v) is 5.46. The van der Waals surface area contributed by atoms with E-state index in [0.29, 0.717) is 0 Å². The normalized spacial score (nSPS) is 11.8. The van der Waals surface area contributed by atoms with Gasteiger partial charge in [-0.25, -0.2) is 9.36 Å². The third kappa shape index (κ3) is 2.15. The maximum atomic E-state index is 12.7. The van der Waals surface area contributed by atoms with E-state index >= 15 is 0 Å². The van der Waals surface area contributed by atoms with Crippen LogP contribution in [-0.4, -0.2) is 14.7 Å². The van der Waals surface area contributed by atoms with Crippen LogP contribution in [0.4, 0.5) is 13.2 Å². The molecule has 0 saturated carbocycles. The number of rotatable bonds is 1. The molecule has 1 heterocycles. The number of imidazole rings is 1. The number of H-pyrrole nitrogens is 1. The summed E-state index contributed by atoms with van der Waals surface area (Å²) in [7, 11) is 0. The van der Waals surface area contributed by atoms with Crippen LogP contribution in [-0.2, 0) is 6.18 Å². The summed E-state index contributed by atoms with van der Waals surface area (Å²) in [6, 6.07) is 3.23. The molecular weight excluding hydrogens is 317 g/mol. The molecule has 18 heavy (non-hydrogen) atoms. The van der Waals surface area contributed by atoms with Crippen LogP contribution in [0.3, 0.4) is 0 Å². The number of nitrogens with zero attached hydrogens (tertiary/aromatic N) is 1. The summed E-state index contributed by atoms with van der Waals surface area (Å²) in [5.41, 5.74) is -1.72. The van der Waals surface area contributed by atoms with Crippen LogP contribution in [0.1, 0.15) is 5.56 Å². The second-order valence-electron chi connectivity index (χ2n) is 3.45. The minimum absolute atomic E-state index is 0.0747. The third-order valence-corrected chi connectivity index (χ3v) is 2.96. The molecule has 0 aliphatic heterocycles. The second-order valence-corrected chi connectivity index (χ2v) is 4.30. The Morgan fingerprint density at radius 3 is 2.50 bits per heavy atom. The number of aromatic nitrogens is 2. The summed E-state index contributed by atoms with van der Waals surface area (Å²) in [6.07, 6.45) is -3.55. The van der Waals surface area contributed by atoms with Crippen molar-refractivity contribution in [3.8, 4) is 11.6 Å². The van der Waals surface area contributed by atoms with Crippen LogP contribution in [0.2, 0.25) is 0 Å². The molecule has 0 radical (unpaired) electrons. The van der Waals surface area contributed by atoms with Gasteiger partial charge in [0.15, 0.2) is 0 Å². The molecule has 2 aromatic rings. The van der Waals surface area contributed by atoms with E-state index in [0.717, 1.165) is 22.9 Å². The van der Waals surface area contributed by atoms with Crippen LogP contribution in [0, 0.1) is 0 Å². The molecule has 0 aliphatic carbocycles. The number of halogens is 4. The first-order chi connectivity index (χ1) is 8.30. The molecule has 0 unspecified atom stereocenters.